The van der Waals surface area contributed by atoms with Crippen molar-refractivity contribution in [3.8, 4) is 0 Å². The number of benzene rings is 3. The molecule has 1 saturated heterocycles. The molecule has 3 aromatic carbocycles. The minimum Gasteiger partial charge on any atom is -0.321 e. The lowest BCUT2D eigenvalue weighted by Gasteiger charge is -2.15. The molecule has 3 aromatic rings. The quantitative estimate of drug-likeness (QED) is 0.484. The zero-order chi connectivity index (χ0) is 22.7. The molecule has 1 amide bonds. The van der Waals surface area contributed by atoms with Gasteiger partial charge in [0.1, 0.15) is 0 Å². The van der Waals surface area contributed by atoms with Gasteiger partial charge >= 0.3 is 0 Å². The van der Waals surface area contributed by atoms with Gasteiger partial charge in [-0.05, 0) is 55.3 Å². The zero-order valence-electron chi connectivity index (χ0n) is 17.1. The maximum absolute atomic E-state index is 13.0. The van der Waals surface area contributed by atoms with Gasteiger partial charge in [-0.2, -0.15) is 4.31 Å². The summed E-state index contributed by atoms with van der Waals surface area (Å²) in [7, 11) is -3.54. The van der Waals surface area contributed by atoms with Crippen LogP contribution in [0, 0.1) is 0 Å². The van der Waals surface area contributed by atoms with Crippen molar-refractivity contribution in [1.29, 1.82) is 0 Å². The first-order valence-corrected chi connectivity index (χ1v) is 12.4. The van der Waals surface area contributed by atoms with Crippen LogP contribution in [-0.4, -0.2) is 37.5 Å². The van der Waals surface area contributed by atoms with Gasteiger partial charge in [0.25, 0.3) is 5.91 Å². The molecule has 1 fully saturated rings. The highest BCUT2D eigenvalue weighted by Gasteiger charge is 2.27. The Labute approximate surface area is 195 Å². The summed E-state index contributed by atoms with van der Waals surface area (Å²) in [5.74, 6) is -0.645. The van der Waals surface area contributed by atoms with E-state index in [1.54, 1.807) is 42.5 Å². The lowest BCUT2D eigenvalue weighted by Crippen LogP contribution is -2.27. The van der Waals surface area contributed by atoms with Gasteiger partial charge in [0.05, 0.1) is 10.6 Å². The van der Waals surface area contributed by atoms with E-state index in [9.17, 15) is 18.0 Å². The summed E-state index contributed by atoms with van der Waals surface area (Å²) < 4.78 is 27.5. The third-order valence-electron chi connectivity index (χ3n) is 5.33. The number of nitrogens with one attached hydrogen (secondary N) is 1. The molecule has 0 unspecified atom stereocenters. The molecular formula is C24H21BrN2O4S. The van der Waals surface area contributed by atoms with Crippen LogP contribution in [0.4, 0.5) is 5.69 Å². The third kappa shape index (κ3) is 4.67. The van der Waals surface area contributed by atoms with Crippen molar-refractivity contribution in [3.63, 3.8) is 0 Å². The number of anilines is 1. The fourth-order valence-electron chi connectivity index (χ4n) is 3.61. The van der Waals surface area contributed by atoms with E-state index in [1.807, 2.05) is 6.07 Å². The predicted molar refractivity (Wildman–Crippen MR) is 126 cm³/mol. The largest absolute Gasteiger partial charge is 0.321 e. The lowest BCUT2D eigenvalue weighted by atomic mass is 10.0. The lowest BCUT2D eigenvalue weighted by molar-refractivity contribution is 0.102. The van der Waals surface area contributed by atoms with E-state index in [1.165, 1.54) is 28.6 Å². The van der Waals surface area contributed by atoms with E-state index in [0.717, 1.165) is 12.8 Å². The fraction of sp³-hybridized carbons (Fsp3) is 0.167. The molecule has 0 aromatic heterocycles. The molecule has 32 heavy (non-hydrogen) atoms. The van der Waals surface area contributed by atoms with E-state index in [4.69, 9.17) is 0 Å². The van der Waals surface area contributed by atoms with E-state index in [2.05, 4.69) is 21.2 Å². The molecular weight excluding hydrogens is 492 g/mol. The minimum atomic E-state index is -3.54. The Morgan fingerprint density at radius 1 is 0.844 bits per heavy atom. The summed E-state index contributed by atoms with van der Waals surface area (Å²) in [6.07, 6.45) is 1.72. The van der Waals surface area contributed by atoms with Gasteiger partial charge in [-0.15, -0.1) is 0 Å². The zero-order valence-corrected chi connectivity index (χ0v) is 19.5. The second-order valence-electron chi connectivity index (χ2n) is 7.47. The average molecular weight is 513 g/mol. The SMILES string of the molecule is O=C(Nc1ccc(Br)cc1C(=O)c1ccccc1)c1ccc(S(=O)(=O)N2CCCC2)cc1. The first-order valence-electron chi connectivity index (χ1n) is 10.2. The minimum absolute atomic E-state index is 0.166. The highest BCUT2D eigenvalue weighted by molar-refractivity contribution is 9.10. The number of hydrogen-bond acceptors (Lipinski definition) is 4. The van der Waals surface area contributed by atoms with Crippen LogP contribution in [0.2, 0.25) is 0 Å². The summed E-state index contributed by atoms with van der Waals surface area (Å²) in [6.45, 7) is 1.04. The standard InChI is InChI=1S/C24H21BrN2O4S/c25-19-10-13-22(21(16-19)23(28)17-6-2-1-3-7-17)26-24(29)18-8-11-20(12-9-18)32(30,31)27-14-4-5-15-27/h1-3,6-13,16H,4-5,14-15H2,(H,26,29). The molecule has 0 spiro atoms. The Hall–Kier alpha value is -2.81. The normalized spacial score (nSPS) is 14.3. The van der Waals surface area contributed by atoms with Crippen molar-refractivity contribution in [3.05, 3.63) is 94.0 Å². The topological polar surface area (TPSA) is 83.5 Å². The van der Waals surface area contributed by atoms with Gasteiger partial charge in [0, 0.05) is 34.3 Å². The molecule has 8 heteroatoms. The van der Waals surface area contributed by atoms with Gasteiger partial charge < -0.3 is 5.32 Å². The molecule has 1 aliphatic rings. The van der Waals surface area contributed by atoms with E-state index < -0.39 is 15.9 Å². The Morgan fingerprint density at radius 3 is 2.16 bits per heavy atom. The molecule has 6 nitrogen and oxygen atoms in total. The maximum atomic E-state index is 13.0. The molecule has 0 bridgehead atoms. The molecule has 1 heterocycles. The average Bonchev–Trinajstić information content (AvgIpc) is 3.36. The first-order chi connectivity index (χ1) is 15.4. The van der Waals surface area contributed by atoms with Crippen molar-refractivity contribution in [1.82, 2.24) is 4.31 Å². The molecule has 164 valence electrons. The van der Waals surface area contributed by atoms with Crippen LogP contribution >= 0.6 is 15.9 Å². The number of halogens is 1. The summed E-state index contributed by atoms with van der Waals surface area (Å²) in [6, 6.07) is 19.7. The molecule has 0 radical (unpaired) electrons. The highest BCUT2D eigenvalue weighted by atomic mass is 79.9. The maximum Gasteiger partial charge on any atom is 0.255 e. The van der Waals surface area contributed by atoms with Crippen LogP contribution < -0.4 is 5.32 Å². The van der Waals surface area contributed by atoms with Crippen LogP contribution in [0.3, 0.4) is 0 Å². The summed E-state index contributed by atoms with van der Waals surface area (Å²) in [5.41, 5.74) is 1.54. The number of ketones is 1. The Bertz CT molecular complexity index is 1250. The molecule has 0 aliphatic carbocycles. The summed E-state index contributed by atoms with van der Waals surface area (Å²) in [5, 5.41) is 2.78. The monoisotopic (exact) mass is 512 g/mol. The first kappa shape index (κ1) is 22.4. The van der Waals surface area contributed by atoms with Crippen LogP contribution in [0.5, 0.6) is 0 Å². The van der Waals surface area contributed by atoms with Crippen LogP contribution in [0.15, 0.2) is 82.2 Å². The number of carbonyl (C=O) groups is 2. The van der Waals surface area contributed by atoms with Crippen LogP contribution in [-0.2, 0) is 10.0 Å². The fourth-order valence-corrected chi connectivity index (χ4v) is 5.49. The van der Waals surface area contributed by atoms with Gasteiger partial charge in [-0.3, -0.25) is 9.59 Å². The number of hydrogen-bond donors (Lipinski definition) is 1. The summed E-state index contributed by atoms with van der Waals surface area (Å²) in [4.78, 5) is 26.0. The van der Waals surface area contributed by atoms with Gasteiger partial charge in [0.15, 0.2) is 5.78 Å². The van der Waals surface area contributed by atoms with Crippen molar-refractivity contribution < 1.29 is 18.0 Å². The number of sulfonamides is 1. The van der Waals surface area contributed by atoms with Gasteiger partial charge in [-0.1, -0.05) is 46.3 Å². The Kier molecular flexibility index (Phi) is 6.55. The van der Waals surface area contributed by atoms with Crippen molar-refractivity contribution in [2.45, 2.75) is 17.7 Å². The van der Waals surface area contributed by atoms with Gasteiger partial charge in [-0.25, -0.2) is 8.42 Å². The molecule has 4 rings (SSSR count). The van der Waals surface area contributed by atoms with E-state index in [0.29, 0.717) is 39.9 Å². The van der Waals surface area contributed by atoms with Crippen LogP contribution in [0.25, 0.3) is 0 Å². The van der Waals surface area contributed by atoms with E-state index in [-0.39, 0.29) is 10.7 Å². The predicted octanol–water partition coefficient (Wildman–Crippen LogP) is 4.72. The van der Waals surface area contributed by atoms with E-state index >= 15 is 0 Å². The second kappa shape index (κ2) is 9.36. The highest BCUT2D eigenvalue weighted by Crippen LogP contribution is 2.25. The Morgan fingerprint density at radius 2 is 1.50 bits per heavy atom. The molecule has 0 saturated carbocycles. The Balaban J connectivity index is 1.56. The smallest absolute Gasteiger partial charge is 0.255 e. The third-order valence-corrected chi connectivity index (χ3v) is 7.74. The number of amides is 1. The summed E-state index contributed by atoms with van der Waals surface area (Å²) >= 11 is 3.38. The second-order valence-corrected chi connectivity index (χ2v) is 10.3. The number of rotatable bonds is 6. The van der Waals surface area contributed by atoms with Crippen LogP contribution in [0.1, 0.15) is 39.1 Å². The molecule has 1 aliphatic heterocycles. The van der Waals surface area contributed by atoms with Crippen molar-refractivity contribution in [2.24, 2.45) is 0 Å². The van der Waals surface area contributed by atoms with Crippen molar-refractivity contribution >= 4 is 43.3 Å². The number of nitrogens with zero attached hydrogens (tertiary/aromatic N) is 1. The number of carbonyl (C=O) groups excluding carboxylic acids is 2. The molecule has 0 atom stereocenters. The van der Waals surface area contributed by atoms with Gasteiger partial charge in [0.2, 0.25) is 10.0 Å². The van der Waals surface area contributed by atoms with Crippen molar-refractivity contribution in [2.75, 3.05) is 18.4 Å². The molecule has 1 N–H and O–H groups in total.